The van der Waals surface area contributed by atoms with Gasteiger partial charge in [0.05, 0.1) is 11.5 Å². The van der Waals surface area contributed by atoms with Crippen LogP contribution in [0.3, 0.4) is 0 Å². The van der Waals surface area contributed by atoms with Crippen LogP contribution in [0.4, 0.5) is 5.82 Å². The Kier molecular flexibility index (Phi) is 2.90. The zero-order valence-corrected chi connectivity index (χ0v) is 10.6. The first-order chi connectivity index (χ1) is 8.24. The molecule has 1 saturated carbocycles. The molecule has 0 saturated heterocycles. The first kappa shape index (κ1) is 11.2. The monoisotopic (exact) mass is 269 g/mol. The predicted molar refractivity (Wildman–Crippen MR) is 69.6 cm³/mol. The Bertz CT molecular complexity index is 540. The van der Waals surface area contributed by atoms with E-state index in [4.69, 9.17) is 11.6 Å². The maximum atomic E-state index is 9.81. The summed E-state index contributed by atoms with van der Waals surface area (Å²) in [6, 6.07) is 1.96. The van der Waals surface area contributed by atoms with Crippen LogP contribution in [0.1, 0.15) is 12.8 Å². The summed E-state index contributed by atoms with van der Waals surface area (Å²) in [6.07, 6.45) is 1.96. The van der Waals surface area contributed by atoms with Crippen molar-refractivity contribution in [3.63, 3.8) is 0 Å². The number of aliphatic hydroxyl groups excluding tert-OH is 1. The molecule has 1 fully saturated rings. The molecule has 17 heavy (non-hydrogen) atoms. The normalized spacial score (nSPS) is 17.3. The number of nitrogens with one attached hydrogen (secondary N) is 1. The maximum absolute atomic E-state index is 9.81. The van der Waals surface area contributed by atoms with Gasteiger partial charge < -0.3 is 10.4 Å². The predicted octanol–water partition coefficient (Wildman–Crippen LogP) is 2.53. The highest BCUT2D eigenvalue weighted by Gasteiger charge is 2.29. The van der Waals surface area contributed by atoms with Gasteiger partial charge in [-0.25, -0.2) is 9.97 Å². The molecule has 1 aliphatic carbocycles. The highest BCUT2D eigenvalue weighted by atomic mass is 35.5. The van der Waals surface area contributed by atoms with Gasteiger partial charge in [0.25, 0.3) is 0 Å². The standard InChI is InChI=1S/C11H12ClN3OS/c12-11-14-9(7-3-4-17-10(7)15-11)13-5-8(16)6-1-2-6/h3-4,6,8,16H,1-2,5H2,(H,13,14,15). The molecular formula is C11H12ClN3OS. The van der Waals surface area contributed by atoms with Crippen molar-refractivity contribution < 1.29 is 5.11 Å². The van der Waals surface area contributed by atoms with Crippen molar-refractivity contribution in [2.24, 2.45) is 5.92 Å². The number of thiophene rings is 1. The lowest BCUT2D eigenvalue weighted by Gasteiger charge is -2.11. The fourth-order valence-corrected chi connectivity index (χ4v) is 2.80. The second-order valence-corrected chi connectivity index (χ2v) is 5.50. The third-order valence-electron chi connectivity index (χ3n) is 2.94. The van der Waals surface area contributed by atoms with Crippen LogP contribution in [-0.2, 0) is 0 Å². The van der Waals surface area contributed by atoms with Gasteiger partial charge in [0.2, 0.25) is 5.28 Å². The van der Waals surface area contributed by atoms with Crippen LogP contribution < -0.4 is 5.32 Å². The molecule has 4 nitrogen and oxygen atoms in total. The largest absolute Gasteiger partial charge is 0.391 e. The van der Waals surface area contributed by atoms with Gasteiger partial charge in [-0.1, -0.05) is 0 Å². The van der Waals surface area contributed by atoms with Crippen LogP contribution >= 0.6 is 22.9 Å². The smallest absolute Gasteiger partial charge is 0.225 e. The highest BCUT2D eigenvalue weighted by molar-refractivity contribution is 7.16. The molecule has 1 atom stereocenters. The second-order valence-electron chi connectivity index (χ2n) is 4.27. The quantitative estimate of drug-likeness (QED) is 0.838. The van der Waals surface area contributed by atoms with E-state index in [9.17, 15) is 5.11 Å². The van der Waals surface area contributed by atoms with Gasteiger partial charge in [-0.2, -0.15) is 0 Å². The van der Waals surface area contributed by atoms with Crippen molar-refractivity contribution in [1.82, 2.24) is 9.97 Å². The number of anilines is 1. The number of hydrogen-bond acceptors (Lipinski definition) is 5. The Hall–Kier alpha value is -0.910. The van der Waals surface area contributed by atoms with Gasteiger partial charge in [0, 0.05) is 6.54 Å². The molecule has 1 aliphatic rings. The molecule has 1 unspecified atom stereocenters. The molecule has 0 bridgehead atoms. The van der Waals surface area contributed by atoms with Crippen molar-refractivity contribution in [2.45, 2.75) is 18.9 Å². The van der Waals surface area contributed by atoms with E-state index < -0.39 is 0 Å². The fraction of sp³-hybridized carbons (Fsp3) is 0.455. The minimum Gasteiger partial charge on any atom is -0.391 e. The maximum Gasteiger partial charge on any atom is 0.225 e. The molecular weight excluding hydrogens is 258 g/mol. The number of hydrogen-bond donors (Lipinski definition) is 2. The van der Waals surface area contributed by atoms with Gasteiger partial charge in [0.15, 0.2) is 0 Å². The second kappa shape index (κ2) is 4.40. The molecule has 2 heterocycles. The Labute approximate surface area is 108 Å². The average molecular weight is 270 g/mol. The van der Waals surface area contributed by atoms with Crippen LogP contribution in [0.25, 0.3) is 10.2 Å². The zero-order chi connectivity index (χ0) is 11.8. The summed E-state index contributed by atoms with van der Waals surface area (Å²) in [6.45, 7) is 0.517. The first-order valence-electron chi connectivity index (χ1n) is 5.57. The molecule has 2 aromatic heterocycles. The van der Waals surface area contributed by atoms with Crippen molar-refractivity contribution in [3.8, 4) is 0 Å². The number of fused-ring (bicyclic) bond motifs is 1. The third kappa shape index (κ3) is 2.36. The Morgan fingerprint density at radius 1 is 1.53 bits per heavy atom. The summed E-state index contributed by atoms with van der Waals surface area (Å²) in [5.41, 5.74) is 0. The van der Waals surface area contributed by atoms with Crippen molar-refractivity contribution in [1.29, 1.82) is 0 Å². The van der Waals surface area contributed by atoms with E-state index in [1.807, 2.05) is 11.4 Å². The van der Waals surface area contributed by atoms with Crippen LogP contribution in [0, 0.1) is 5.92 Å². The SMILES string of the molecule is OC(CNc1nc(Cl)nc2sccc12)C1CC1. The van der Waals surface area contributed by atoms with E-state index in [1.165, 1.54) is 11.3 Å². The van der Waals surface area contributed by atoms with Gasteiger partial charge in [-0.3, -0.25) is 0 Å². The molecule has 0 spiro atoms. The van der Waals surface area contributed by atoms with Gasteiger partial charge in [-0.15, -0.1) is 11.3 Å². The van der Waals surface area contributed by atoms with Crippen LogP contribution in [0.5, 0.6) is 0 Å². The lowest BCUT2D eigenvalue weighted by atomic mass is 10.2. The van der Waals surface area contributed by atoms with E-state index in [0.29, 0.717) is 18.3 Å². The summed E-state index contributed by atoms with van der Waals surface area (Å²) in [5.74, 6) is 1.17. The molecule has 0 amide bonds. The van der Waals surface area contributed by atoms with Crippen LogP contribution in [0.15, 0.2) is 11.4 Å². The lowest BCUT2D eigenvalue weighted by molar-refractivity contribution is 0.164. The first-order valence-corrected chi connectivity index (χ1v) is 6.82. The average Bonchev–Trinajstić information content (AvgIpc) is 3.05. The van der Waals surface area contributed by atoms with E-state index in [1.54, 1.807) is 0 Å². The van der Waals surface area contributed by atoms with Gasteiger partial charge >= 0.3 is 0 Å². The Morgan fingerprint density at radius 2 is 2.35 bits per heavy atom. The van der Waals surface area contributed by atoms with Gasteiger partial charge in [0.1, 0.15) is 10.6 Å². The molecule has 0 aliphatic heterocycles. The fourth-order valence-electron chi connectivity index (χ4n) is 1.81. The number of rotatable bonds is 4. The summed E-state index contributed by atoms with van der Waals surface area (Å²) < 4.78 is 0. The topological polar surface area (TPSA) is 58.0 Å². The number of halogens is 1. The number of aliphatic hydroxyl groups is 1. The lowest BCUT2D eigenvalue weighted by Crippen LogP contribution is -2.21. The molecule has 0 aromatic carbocycles. The van der Waals surface area contributed by atoms with E-state index >= 15 is 0 Å². The molecule has 90 valence electrons. The number of nitrogens with zero attached hydrogens (tertiary/aromatic N) is 2. The number of aromatic nitrogens is 2. The van der Waals surface area contributed by atoms with E-state index in [2.05, 4.69) is 15.3 Å². The van der Waals surface area contributed by atoms with E-state index in [-0.39, 0.29) is 11.4 Å². The Morgan fingerprint density at radius 3 is 3.12 bits per heavy atom. The molecule has 2 aromatic rings. The molecule has 6 heteroatoms. The van der Waals surface area contributed by atoms with Crippen LogP contribution in [0.2, 0.25) is 5.28 Å². The molecule has 0 radical (unpaired) electrons. The molecule has 3 rings (SSSR count). The van der Waals surface area contributed by atoms with Gasteiger partial charge in [-0.05, 0) is 41.8 Å². The third-order valence-corrected chi connectivity index (χ3v) is 3.92. The van der Waals surface area contributed by atoms with Crippen LogP contribution in [-0.4, -0.2) is 27.7 Å². The zero-order valence-electron chi connectivity index (χ0n) is 9.06. The molecule has 2 N–H and O–H groups in total. The summed E-state index contributed by atoms with van der Waals surface area (Å²) >= 11 is 7.38. The summed E-state index contributed by atoms with van der Waals surface area (Å²) in [7, 11) is 0. The van der Waals surface area contributed by atoms with Crippen molar-refractivity contribution in [2.75, 3.05) is 11.9 Å². The summed E-state index contributed by atoms with van der Waals surface area (Å²) in [4.78, 5) is 9.17. The summed E-state index contributed by atoms with van der Waals surface area (Å²) in [5, 5.41) is 16.1. The van der Waals surface area contributed by atoms with Crippen molar-refractivity contribution in [3.05, 3.63) is 16.7 Å². The Balaban J connectivity index is 1.80. The minimum atomic E-state index is -0.294. The van der Waals surface area contributed by atoms with E-state index in [0.717, 1.165) is 23.1 Å². The van der Waals surface area contributed by atoms with Crippen molar-refractivity contribution >= 4 is 39.0 Å². The minimum absolute atomic E-state index is 0.239. The highest BCUT2D eigenvalue weighted by Crippen LogP contribution is 2.33.